The average molecular weight is 373 g/mol. The van der Waals surface area contributed by atoms with Crippen molar-refractivity contribution in [1.29, 1.82) is 0 Å². The topological polar surface area (TPSA) is 73.9 Å². The molecule has 0 aromatic heterocycles. The molecule has 0 heterocycles. The van der Waals surface area contributed by atoms with E-state index in [1.165, 1.54) is 12.5 Å². The lowest BCUT2D eigenvalue weighted by Gasteiger charge is -2.07. The van der Waals surface area contributed by atoms with Crippen LogP contribution in [0.15, 0.2) is 54.5 Å². The zero-order valence-electron chi connectivity index (χ0n) is 16.1. The van der Waals surface area contributed by atoms with Crippen LogP contribution < -0.4 is 10.1 Å². The van der Waals surface area contributed by atoms with Gasteiger partial charge in [-0.15, -0.1) is 0 Å². The van der Waals surface area contributed by atoms with E-state index in [1.54, 1.807) is 56.7 Å². The van der Waals surface area contributed by atoms with Gasteiger partial charge in [-0.2, -0.15) is 0 Å². The average Bonchev–Trinajstić information content (AvgIpc) is 2.66. The summed E-state index contributed by atoms with van der Waals surface area (Å²) in [5, 5.41) is 2.80. The van der Waals surface area contributed by atoms with Gasteiger partial charge in [-0.1, -0.05) is 19.1 Å². The fourth-order valence-corrected chi connectivity index (χ4v) is 2.12. The summed E-state index contributed by atoms with van der Waals surface area (Å²) in [6, 6.07) is 7.02. The lowest BCUT2D eigenvalue weighted by molar-refractivity contribution is -0.134. The summed E-state index contributed by atoms with van der Waals surface area (Å²) in [7, 11) is 3.09. The third-order valence-electron chi connectivity index (χ3n) is 3.38. The summed E-state index contributed by atoms with van der Waals surface area (Å²) in [6.45, 7) is 2.29. The maximum atomic E-state index is 12.4. The molecule has 0 aliphatic rings. The fraction of sp³-hybridized carbons (Fsp3) is 0.333. The number of carbonyl (C=O) groups is 2. The van der Waals surface area contributed by atoms with Crippen molar-refractivity contribution in [2.75, 3.05) is 20.8 Å². The van der Waals surface area contributed by atoms with Gasteiger partial charge in [-0.25, -0.2) is 0 Å². The van der Waals surface area contributed by atoms with Gasteiger partial charge < -0.3 is 19.5 Å². The molecule has 0 saturated heterocycles. The van der Waals surface area contributed by atoms with Crippen molar-refractivity contribution in [3.63, 3.8) is 0 Å². The highest BCUT2D eigenvalue weighted by Crippen LogP contribution is 2.17. The molecule has 1 aromatic carbocycles. The first-order valence-corrected chi connectivity index (χ1v) is 8.75. The molecule has 1 amide bonds. The lowest BCUT2D eigenvalue weighted by Crippen LogP contribution is -2.24. The maximum Gasteiger partial charge on any atom is 0.311 e. The van der Waals surface area contributed by atoms with Gasteiger partial charge in [0, 0.05) is 18.5 Å². The summed E-state index contributed by atoms with van der Waals surface area (Å²) in [6.07, 6.45) is 9.84. The quantitative estimate of drug-likeness (QED) is 0.278. The molecule has 6 nitrogen and oxygen atoms in total. The van der Waals surface area contributed by atoms with E-state index >= 15 is 0 Å². The molecule has 1 rings (SSSR count). The number of nitrogens with one attached hydrogen (secondary N) is 1. The van der Waals surface area contributed by atoms with Crippen molar-refractivity contribution in [2.24, 2.45) is 0 Å². The molecule has 0 unspecified atom stereocenters. The molecule has 6 heteroatoms. The Balaban J connectivity index is 2.85. The molecule has 0 bridgehead atoms. The van der Waals surface area contributed by atoms with E-state index in [4.69, 9.17) is 14.2 Å². The van der Waals surface area contributed by atoms with Crippen LogP contribution >= 0.6 is 0 Å². The first-order chi connectivity index (χ1) is 13.1. The van der Waals surface area contributed by atoms with E-state index in [2.05, 4.69) is 5.32 Å². The number of methoxy groups -OCH3 is 2. The number of allylic oxidation sites excluding steroid dienone is 1. The van der Waals surface area contributed by atoms with Gasteiger partial charge in [-0.05, 0) is 48.8 Å². The summed E-state index contributed by atoms with van der Waals surface area (Å²) in [5.41, 5.74) is 1.40. The lowest BCUT2D eigenvalue weighted by atomic mass is 10.1. The van der Waals surface area contributed by atoms with Crippen LogP contribution in [-0.2, 0) is 19.1 Å². The zero-order valence-corrected chi connectivity index (χ0v) is 16.1. The van der Waals surface area contributed by atoms with Crippen molar-refractivity contribution in [3.8, 4) is 5.75 Å². The van der Waals surface area contributed by atoms with Crippen molar-refractivity contribution in [1.82, 2.24) is 5.32 Å². The molecule has 0 saturated carbocycles. The van der Waals surface area contributed by atoms with E-state index in [0.29, 0.717) is 30.7 Å². The normalized spacial score (nSPS) is 11.6. The van der Waals surface area contributed by atoms with Crippen molar-refractivity contribution in [3.05, 3.63) is 60.1 Å². The summed E-state index contributed by atoms with van der Waals surface area (Å²) < 4.78 is 14.9. The van der Waals surface area contributed by atoms with E-state index in [9.17, 15) is 9.59 Å². The molecular formula is C21H27NO5. The van der Waals surface area contributed by atoms with Crippen LogP contribution in [0.4, 0.5) is 0 Å². The van der Waals surface area contributed by atoms with Crippen LogP contribution in [0.2, 0.25) is 0 Å². The van der Waals surface area contributed by atoms with E-state index in [-0.39, 0.29) is 11.9 Å². The molecule has 0 fully saturated rings. The predicted octanol–water partition coefficient (Wildman–Crippen LogP) is 3.60. The van der Waals surface area contributed by atoms with Gasteiger partial charge in [0.15, 0.2) is 0 Å². The fourth-order valence-electron chi connectivity index (χ4n) is 2.12. The van der Waals surface area contributed by atoms with Crippen LogP contribution in [0.5, 0.6) is 5.75 Å². The van der Waals surface area contributed by atoms with Crippen LogP contribution in [-0.4, -0.2) is 32.6 Å². The number of rotatable bonds is 11. The second-order valence-corrected chi connectivity index (χ2v) is 5.59. The Labute approximate surface area is 160 Å². The van der Waals surface area contributed by atoms with Crippen molar-refractivity contribution in [2.45, 2.75) is 26.2 Å². The highest BCUT2D eigenvalue weighted by atomic mass is 16.5. The standard InChI is InChI=1S/C21H27NO5/c1-4-7-20(23)27-19-11-9-17(10-12-19)16-18(8-5-14-25-2)21(24)22-13-6-15-26-3/h5-6,9-12,14-16H,4,7-8,13H2,1-3H3,(H,22,24)/b14-5+,15-6+,18-16+. The molecular weight excluding hydrogens is 346 g/mol. The van der Waals surface area contributed by atoms with Crippen molar-refractivity contribution < 1.29 is 23.8 Å². The minimum absolute atomic E-state index is 0.185. The third-order valence-corrected chi connectivity index (χ3v) is 3.38. The van der Waals surface area contributed by atoms with Gasteiger partial charge in [0.1, 0.15) is 5.75 Å². The number of carbonyl (C=O) groups excluding carboxylic acids is 2. The number of hydrogen-bond acceptors (Lipinski definition) is 5. The maximum absolute atomic E-state index is 12.4. The summed E-state index contributed by atoms with van der Waals surface area (Å²) in [5.74, 6) is 0.0465. The molecule has 0 radical (unpaired) electrons. The third kappa shape index (κ3) is 9.30. The van der Waals surface area contributed by atoms with Crippen LogP contribution in [0.1, 0.15) is 31.7 Å². The first-order valence-electron chi connectivity index (χ1n) is 8.75. The number of esters is 1. The molecule has 146 valence electrons. The highest BCUT2D eigenvalue weighted by Gasteiger charge is 2.08. The Morgan fingerprint density at radius 1 is 1.04 bits per heavy atom. The molecule has 1 aromatic rings. The van der Waals surface area contributed by atoms with Gasteiger partial charge in [0.05, 0.1) is 26.7 Å². The van der Waals surface area contributed by atoms with Crippen molar-refractivity contribution >= 4 is 18.0 Å². The Kier molecular flexibility index (Phi) is 10.8. The number of benzene rings is 1. The Morgan fingerprint density at radius 2 is 1.70 bits per heavy atom. The van der Waals surface area contributed by atoms with Gasteiger partial charge in [-0.3, -0.25) is 9.59 Å². The number of hydrogen-bond donors (Lipinski definition) is 1. The van der Waals surface area contributed by atoms with Gasteiger partial charge >= 0.3 is 5.97 Å². The highest BCUT2D eigenvalue weighted by molar-refractivity contribution is 5.98. The molecule has 0 atom stereocenters. The van der Waals surface area contributed by atoms with E-state index in [1.807, 2.05) is 6.92 Å². The second kappa shape index (κ2) is 13.2. The smallest absolute Gasteiger partial charge is 0.311 e. The summed E-state index contributed by atoms with van der Waals surface area (Å²) in [4.78, 5) is 23.9. The second-order valence-electron chi connectivity index (χ2n) is 5.59. The first kappa shape index (κ1) is 22.0. The Hall–Kier alpha value is -3.02. The zero-order chi connectivity index (χ0) is 19.9. The van der Waals surface area contributed by atoms with E-state index < -0.39 is 0 Å². The molecule has 0 aliphatic heterocycles. The van der Waals surface area contributed by atoms with E-state index in [0.717, 1.165) is 12.0 Å². The number of amides is 1. The van der Waals surface area contributed by atoms with Crippen LogP contribution in [0.3, 0.4) is 0 Å². The Morgan fingerprint density at radius 3 is 2.33 bits per heavy atom. The van der Waals surface area contributed by atoms with Crippen LogP contribution in [0, 0.1) is 0 Å². The predicted molar refractivity (Wildman–Crippen MR) is 105 cm³/mol. The SMILES string of the molecule is CCCC(=O)Oc1ccc(/C=C(\C/C=C/OC)C(=O)NC/C=C/OC)cc1. The summed E-state index contributed by atoms with van der Waals surface area (Å²) >= 11 is 0. The molecule has 1 N–H and O–H groups in total. The molecule has 0 spiro atoms. The number of ether oxygens (including phenoxy) is 3. The Bertz CT molecular complexity index is 674. The van der Waals surface area contributed by atoms with Gasteiger partial charge in [0.2, 0.25) is 5.91 Å². The van der Waals surface area contributed by atoms with Crippen LogP contribution in [0.25, 0.3) is 6.08 Å². The minimum atomic E-state index is -0.255. The largest absolute Gasteiger partial charge is 0.505 e. The van der Waals surface area contributed by atoms with Gasteiger partial charge in [0.25, 0.3) is 0 Å². The monoisotopic (exact) mass is 373 g/mol. The molecule has 0 aliphatic carbocycles. The minimum Gasteiger partial charge on any atom is -0.505 e. The molecule has 27 heavy (non-hydrogen) atoms.